The van der Waals surface area contributed by atoms with Crippen molar-refractivity contribution in [2.75, 3.05) is 6.61 Å². The highest BCUT2D eigenvalue weighted by Gasteiger charge is 2.40. The van der Waals surface area contributed by atoms with E-state index < -0.39 is 0 Å². The molecule has 0 heterocycles. The monoisotopic (exact) mass is 321 g/mol. The van der Waals surface area contributed by atoms with Crippen molar-refractivity contribution in [1.82, 2.24) is 5.32 Å². The average Bonchev–Trinajstić information content (AvgIpc) is 3.12. The zero-order chi connectivity index (χ0) is 16.4. The molecule has 0 spiro atoms. The molecular formula is C19H31NO3. The van der Waals surface area contributed by atoms with E-state index in [2.05, 4.69) is 19.2 Å². The molecule has 1 amide bonds. The van der Waals surface area contributed by atoms with Gasteiger partial charge in [-0.2, -0.15) is 0 Å². The van der Waals surface area contributed by atoms with Gasteiger partial charge in [0, 0.05) is 12.5 Å². The summed E-state index contributed by atoms with van der Waals surface area (Å²) in [7, 11) is 0. The molecule has 23 heavy (non-hydrogen) atoms. The Morgan fingerprint density at radius 2 is 1.91 bits per heavy atom. The van der Waals surface area contributed by atoms with E-state index in [-0.39, 0.29) is 24.5 Å². The van der Waals surface area contributed by atoms with Crippen molar-refractivity contribution in [3.8, 4) is 0 Å². The topological polar surface area (TPSA) is 55.4 Å². The van der Waals surface area contributed by atoms with Crippen molar-refractivity contribution in [2.24, 2.45) is 29.6 Å². The molecule has 0 radical (unpaired) electrons. The van der Waals surface area contributed by atoms with E-state index in [0.717, 1.165) is 18.3 Å². The predicted molar refractivity (Wildman–Crippen MR) is 88.6 cm³/mol. The number of carbonyl (C=O) groups is 2. The van der Waals surface area contributed by atoms with Gasteiger partial charge in [0.25, 0.3) is 5.91 Å². The van der Waals surface area contributed by atoms with E-state index in [1.54, 1.807) is 0 Å². The van der Waals surface area contributed by atoms with Gasteiger partial charge in [-0.15, -0.1) is 0 Å². The Balaban J connectivity index is 1.36. The van der Waals surface area contributed by atoms with Crippen molar-refractivity contribution in [2.45, 2.75) is 71.3 Å². The quantitative estimate of drug-likeness (QED) is 0.791. The minimum atomic E-state index is -0.192. The second-order valence-corrected chi connectivity index (χ2v) is 8.24. The Morgan fingerprint density at radius 3 is 2.61 bits per heavy atom. The minimum Gasteiger partial charge on any atom is -0.456 e. The number of carbonyl (C=O) groups excluding carboxylic acids is 2. The molecule has 2 bridgehead atoms. The van der Waals surface area contributed by atoms with Crippen LogP contribution in [-0.2, 0) is 14.3 Å². The largest absolute Gasteiger partial charge is 0.456 e. The maximum Gasteiger partial charge on any atom is 0.306 e. The summed E-state index contributed by atoms with van der Waals surface area (Å²) in [4.78, 5) is 24.0. The first-order valence-corrected chi connectivity index (χ1v) is 9.48. The van der Waals surface area contributed by atoms with Gasteiger partial charge in [0.1, 0.15) is 0 Å². The van der Waals surface area contributed by atoms with Gasteiger partial charge in [0.2, 0.25) is 0 Å². The first kappa shape index (κ1) is 16.8. The van der Waals surface area contributed by atoms with E-state index in [1.807, 2.05) is 0 Å². The van der Waals surface area contributed by atoms with Gasteiger partial charge in [0.15, 0.2) is 6.61 Å². The molecule has 0 aliphatic heterocycles. The third-order valence-electron chi connectivity index (χ3n) is 6.73. The molecule has 3 fully saturated rings. The molecule has 3 aliphatic rings. The molecule has 1 N–H and O–H groups in total. The summed E-state index contributed by atoms with van der Waals surface area (Å²) in [6.45, 7) is 4.34. The lowest BCUT2D eigenvalue weighted by Gasteiger charge is -2.34. The van der Waals surface area contributed by atoms with Gasteiger partial charge in [-0.1, -0.05) is 33.1 Å². The van der Waals surface area contributed by atoms with Crippen molar-refractivity contribution in [3.63, 3.8) is 0 Å². The number of amides is 1. The molecule has 0 saturated heterocycles. The predicted octanol–water partition coefficient (Wildman–Crippen LogP) is 3.30. The van der Waals surface area contributed by atoms with Gasteiger partial charge in [-0.25, -0.2) is 0 Å². The van der Waals surface area contributed by atoms with Crippen LogP contribution >= 0.6 is 0 Å². The zero-order valence-corrected chi connectivity index (χ0v) is 14.6. The molecule has 3 rings (SSSR count). The fourth-order valence-electron chi connectivity index (χ4n) is 5.08. The van der Waals surface area contributed by atoms with Crippen LogP contribution in [0, 0.1) is 29.6 Å². The van der Waals surface area contributed by atoms with Gasteiger partial charge in [0.05, 0.1) is 0 Å². The Morgan fingerprint density at radius 1 is 1.09 bits per heavy atom. The van der Waals surface area contributed by atoms with Crippen LogP contribution in [-0.4, -0.2) is 24.5 Å². The number of esters is 1. The van der Waals surface area contributed by atoms with Crippen molar-refractivity contribution >= 4 is 11.9 Å². The summed E-state index contributed by atoms with van der Waals surface area (Å²) in [5, 5.41) is 3.06. The lowest BCUT2D eigenvalue weighted by atomic mass is 9.78. The van der Waals surface area contributed by atoms with Crippen molar-refractivity contribution in [3.05, 3.63) is 0 Å². The van der Waals surface area contributed by atoms with Gasteiger partial charge < -0.3 is 10.1 Å². The van der Waals surface area contributed by atoms with Crippen molar-refractivity contribution < 1.29 is 14.3 Å². The highest BCUT2D eigenvalue weighted by molar-refractivity contribution is 5.80. The van der Waals surface area contributed by atoms with Crippen LogP contribution in [0.1, 0.15) is 65.2 Å². The summed E-state index contributed by atoms with van der Waals surface area (Å²) in [5.41, 5.74) is 0. The standard InChI is InChI=1S/C19H31NO3/c1-12-4-3-5-17(13(12)2)20-18(21)11-23-19(22)10-16-9-14-6-7-15(16)8-14/h12-17H,3-11H2,1-2H3,(H,20,21). The van der Waals surface area contributed by atoms with Crippen LogP contribution in [0.2, 0.25) is 0 Å². The number of ether oxygens (including phenoxy) is 1. The number of hydrogen-bond acceptors (Lipinski definition) is 3. The summed E-state index contributed by atoms with van der Waals surface area (Å²) < 4.78 is 5.23. The van der Waals surface area contributed by atoms with Gasteiger partial charge in [-0.3, -0.25) is 9.59 Å². The molecule has 4 nitrogen and oxygen atoms in total. The second kappa shape index (κ2) is 7.23. The molecular weight excluding hydrogens is 290 g/mol. The summed E-state index contributed by atoms with van der Waals surface area (Å²) in [6, 6.07) is 0.232. The molecule has 0 aromatic heterocycles. The van der Waals surface area contributed by atoms with E-state index in [0.29, 0.717) is 24.2 Å². The highest BCUT2D eigenvalue weighted by atomic mass is 16.5. The van der Waals surface area contributed by atoms with E-state index in [1.165, 1.54) is 38.5 Å². The third-order valence-corrected chi connectivity index (χ3v) is 6.73. The molecule has 6 unspecified atom stereocenters. The van der Waals surface area contributed by atoms with E-state index in [4.69, 9.17) is 4.74 Å². The van der Waals surface area contributed by atoms with Crippen LogP contribution in [0.5, 0.6) is 0 Å². The Labute approximate surface area is 139 Å². The number of fused-ring (bicyclic) bond motifs is 2. The van der Waals surface area contributed by atoms with Crippen LogP contribution < -0.4 is 5.32 Å². The molecule has 3 aliphatic carbocycles. The summed E-state index contributed by atoms with van der Waals surface area (Å²) in [6.07, 6.45) is 9.06. The van der Waals surface area contributed by atoms with Crippen molar-refractivity contribution in [1.29, 1.82) is 0 Å². The van der Waals surface area contributed by atoms with Crippen LogP contribution in [0.25, 0.3) is 0 Å². The fourth-order valence-corrected chi connectivity index (χ4v) is 5.08. The van der Waals surface area contributed by atoms with Gasteiger partial charge in [-0.05, 0) is 55.3 Å². The second-order valence-electron chi connectivity index (χ2n) is 8.24. The van der Waals surface area contributed by atoms with Gasteiger partial charge >= 0.3 is 5.97 Å². The fraction of sp³-hybridized carbons (Fsp3) is 0.895. The molecule has 0 aromatic carbocycles. The molecule has 0 aromatic rings. The SMILES string of the molecule is CC1CCCC(NC(=O)COC(=O)CC2CC3CCC2C3)C1C. The molecule has 6 atom stereocenters. The lowest BCUT2D eigenvalue weighted by Crippen LogP contribution is -2.45. The maximum absolute atomic E-state index is 12.0. The normalized spacial score (nSPS) is 39.2. The lowest BCUT2D eigenvalue weighted by molar-refractivity contribution is -0.150. The first-order chi connectivity index (χ1) is 11.0. The maximum atomic E-state index is 12.0. The van der Waals surface area contributed by atoms with E-state index >= 15 is 0 Å². The summed E-state index contributed by atoms with van der Waals surface area (Å²) >= 11 is 0. The molecule has 4 heteroatoms. The number of nitrogens with one attached hydrogen (secondary N) is 1. The van der Waals surface area contributed by atoms with Crippen LogP contribution in [0.4, 0.5) is 0 Å². The number of hydrogen-bond donors (Lipinski definition) is 1. The third kappa shape index (κ3) is 4.07. The Hall–Kier alpha value is -1.06. The minimum absolute atomic E-state index is 0.114. The zero-order valence-electron chi connectivity index (χ0n) is 14.6. The van der Waals surface area contributed by atoms with Crippen LogP contribution in [0.15, 0.2) is 0 Å². The molecule has 130 valence electrons. The first-order valence-electron chi connectivity index (χ1n) is 9.48. The average molecular weight is 321 g/mol. The highest BCUT2D eigenvalue weighted by Crippen LogP contribution is 2.49. The number of rotatable bonds is 5. The molecule has 3 saturated carbocycles. The smallest absolute Gasteiger partial charge is 0.306 e. The Kier molecular flexibility index (Phi) is 5.27. The van der Waals surface area contributed by atoms with E-state index in [9.17, 15) is 9.59 Å². The summed E-state index contributed by atoms with van der Waals surface area (Å²) in [5.74, 6) is 2.89. The van der Waals surface area contributed by atoms with Crippen LogP contribution in [0.3, 0.4) is 0 Å². The Bertz CT molecular complexity index is 450.